The lowest BCUT2D eigenvalue weighted by molar-refractivity contribution is -0.107. The van der Waals surface area contributed by atoms with Gasteiger partial charge in [0.2, 0.25) is 6.41 Å². The van der Waals surface area contributed by atoms with Crippen LogP contribution in [0.1, 0.15) is 27.0 Å². The van der Waals surface area contributed by atoms with Gasteiger partial charge in [-0.3, -0.25) is 9.59 Å². The number of anilines is 2. The summed E-state index contributed by atoms with van der Waals surface area (Å²) in [6.07, 6.45) is 5.50. The molecule has 0 saturated heterocycles. The Morgan fingerprint density at radius 3 is 2.59 bits per heavy atom. The van der Waals surface area contributed by atoms with E-state index in [1.807, 2.05) is 31.2 Å². The van der Waals surface area contributed by atoms with Crippen LogP contribution in [0.5, 0.6) is 11.5 Å². The standard InChI is InChI=1S/C31H23N5O3/c1-21-6-7-24(16-23(21)9-8-22-4-3-5-29-28(22)18-32-19-34-29)31(38)35-25-10-12-26(13-11-25)39-27-14-15-33-30(17-27)36(2)20-37/h3-7,10-20H,1-2H3,(H,35,38). The van der Waals surface area contributed by atoms with E-state index in [9.17, 15) is 9.59 Å². The van der Waals surface area contributed by atoms with E-state index in [1.54, 1.807) is 68.0 Å². The zero-order chi connectivity index (χ0) is 27.2. The van der Waals surface area contributed by atoms with Gasteiger partial charge in [0.05, 0.1) is 5.52 Å². The number of fused-ring (bicyclic) bond motifs is 1. The molecule has 2 heterocycles. The van der Waals surface area contributed by atoms with E-state index in [4.69, 9.17) is 4.74 Å². The van der Waals surface area contributed by atoms with E-state index < -0.39 is 0 Å². The Bertz CT molecular complexity index is 1730. The topological polar surface area (TPSA) is 97.3 Å². The molecule has 0 bridgehead atoms. The zero-order valence-electron chi connectivity index (χ0n) is 21.3. The molecule has 0 aliphatic carbocycles. The van der Waals surface area contributed by atoms with Gasteiger partial charge in [-0.05, 0) is 67.1 Å². The maximum absolute atomic E-state index is 13.0. The van der Waals surface area contributed by atoms with E-state index >= 15 is 0 Å². The highest BCUT2D eigenvalue weighted by Crippen LogP contribution is 2.25. The third-order valence-electron chi connectivity index (χ3n) is 5.97. The van der Waals surface area contributed by atoms with Crippen molar-refractivity contribution in [3.8, 4) is 23.3 Å². The summed E-state index contributed by atoms with van der Waals surface area (Å²) in [6, 6.07) is 21.6. The summed E-state index contributed by atoms with van der Waals surface area (Å²) in [7, 11) is 1.61. The molecule has 0 aliphatic rings. The van der Waals surface area contributed by atoms with E-state index in [0.717, 1.165) is 27.6 Å². The van der Waals surface area contributed by atoms with Gasteiger partial charge in [0.15, 0.2) is 0 Å². The van der Waals surface area contributed by atoms with Crippen LogP contribution in [-0.4, -0.2) is 34.3 Å². The number of ether oxygens (including phenoxy) is 1. The highest BCUT2D eigenvalue weighted by Gasteiger charge is 2.09. The van der Waals surface area contributed by atoms with Crippen molar-refractivity contribution in [2.75, 3.05) is 17.3 Å². The fourth-order valence-corrected chi connectivity index (χ4v) is 3.80. The summed E-state index contributed by atoms with van der Waals surface area (Å²) < 4.78 is 5.86. The lowest BCUT2D eigenvalue weighted by Gasteiger charge is -2.12. The number of pyridine rings is 1. The highest BCUT2D eigenvalue weighted by molar-refractivity contribution is 6.04. The summed E-state index contributed by atoms with van der Waals surface area (Å²) >= 11 is 0. The summed E-state index contributed by atoms with van der Waals surface area (Å²) in [4.78, 5) is 37.8. The number of hydrogen-bond acceptors (Lipinski definition) is 6. The Morgan fingerprint density at radius 1 is 0.949 bits per heavy atom. The molecule has 0 unspecified atom stereocenters. The average molecular weight is 514 g/mol. The third-order valence-corrected chi connectivity index (χ3v) is 5.97. The molecular formula is C31H23N5O3. The Labute approximate surface area is 225 Å². The first-order valence-corrected chi connectivity index (χ1v) is 12.0. The second-order valence-electron chi connectivity index (χ2n) is 8.69. The molecule has 0 radical (unpaired) electrons. The van der Waals surface area contributed by atoms with E-state index in [2.05, 4.69) is 32.1 Å². The third kappa shape index (κ3) is 5.89. The molecule has 1 N–H and O–H groups in total. The first-order chi connectivity index (χ1) is 19.0. The summed E-state index contributed by atoms with van der Waals surface area (Å²) in [6.45, 7) is 1.96. The van der Waals surface area contributed by atoms with Gasteiger partial charge in [-0.15, -0.1) is 0 Å². The van der Waals surface area contributed by atoms with Crippen LogP contribution in [0.2, 0.25) is 0 Å². The van der Waals surface area contributed by atoms with Gasteiger partial charge in [-0.1, -0.05) is 24.0 Å². The van der Waals surface area contributed by atoms with Gasteiger partial charge in [0.1, 0.15) is 23.6 Å². The minimum Gasteiger partial charge on any atom is -0.457 e. The number of benzene rings is 3. The number of nitrogens with zero attached hydrogens (tertiary/aromatic N) is 4. The normalized spacial score (nSPS) is 10.3. The number of rotatable bonds is 6. The molecule has 0 spiro atoms. The average Bonchev–Trinajstić information content (AvgIpc) is 2.97. The van der Waals surface area contributed by atoms with Crippen LogP contribution in [0, 0.1) is 18.8 Å². The monoisotopic (exact) mass is 513 g/mol. The number of carbonyl (C=O) groups excluding carboxylic acids is 2. The molecule has 8 heteroatoms. The fraction of sp³-hybridized carbons (Fsp3) is 0.0645. The lowest BCUT2D eigenvalue weighted by atomic mass is 10.0. The van der Waals surface area contributed by atoms with Crippen molar-refractivity contribution in [2.24, 2.45) is 0 Å². The van der Waals surface area contributed by atoms with Crippen LogP contribution in [0.15, 0.2) is 91.5 Å². The number of aromatic nitrogens is 3. The van der Waals surface area contributed by atoms with E-state index in [-0.39, 0.29) is 5.91 Å². The van der Waals surface area contributed by atoms with Gasteiger partial charge in [0, 0.05) is 53.3 Å². The van der Waals surface area contributed by atoms with Gasteiger partial charge in [-0.2, -0.15) is 0 Å². The molecule has 0 aliphatic heterocycles. The molecule has 5 rings (SSSR count). The van der Waals surface area contributed by atoms with Gasteiger partial charge in [0.25, 0.3) is 5.91 Å². The predicted octanol–water partition coefficient (Wildman–Crippen LogP) is 5.37. The van der Waals surface area contributed by atoms with Crippen molar-refractivity contribution in [2.45, 2.75) is 6.92 Å². The second-order valence-corrected chi connectivity index (χ2v) is 8.69. The molecular weight excluding hydrogens is 490 g/mol. The van der Waals surface area contributed by atoms with Crippen LogP contribution in [-0.2, 0) is 4.79 Å². The smallest absolute Gasteiger partial charge is 0.255 e. The van der Waals surface area contributed by atoms with E-state index in [1.165, 1.54) is 11.2 Å². The number of amides is 2. The van der Waals surface area contributed by atoms with Crippen molar-refractivity contribution < 1.29 is 14.3 Å². The number of hydrogen-bond donors (Lipinski definition) is 1. The SMILES string of the molecule is Cc1ccc(C(=O)Nc2ccc(Oc3ccnc(N(C)C=O)c3)cc2)cc1C#Cc1cccc2ncncc12. The molecule has 2 aromatic heterocycles. The van der Waals surface area contributed by atoms with Crippen molar-refractivity contribution in [3.63, 3.8) is 0 Å². The number of carbonyl (C=O) groups is 2. The van der Waals surface area contributed by atoms with Gasteiger partial charge < -0.3 is 15.0 Å². The first-order valence-electron chi connectivity index (χ1n) is 12.0. The minimum absolute atomic E-state index is 0.249. The molecule has 0 fully saturated rings. The molecule has 8 nitrogen and oxygen atoms in total. The van der Waals surface area contributed by atoms with Crippen LogP contribution in [0.4, 0.5) is 11.5 Å². The molecule has 2 amide bonds. The Balaban J connectivity index is 1.29. The van der Waals surface area contributed by atoms with Crippen LogP contribution < -0.4 is 15.0 Å². The molecule has 0 atom stereocenters. The summed E-state index contributed by atoms with van der Waals surface area (Å²) in [5, 5.41) is 3.79. The quantitative estimate of drug-likeness (QED) is 0.242. The molecule has 190 valence electrons. The number of aryl methyl sites for hydroxylation is 1. The van der Waals surface area contributed by atoms with E-state index in [0.29, 0.717) is 35.0 Å². The minimum atomic E-state index is -0.249. The molecule has 3 aromatic carbocycles. The largest absolute Gasteiger partial charge is 0.457 e. The summed E-state index contributed by atoms with van der Waals surface area (Å²) in [5.41, 5.74) is 4.49. The lowest BCUT2D eigenvalue weighted by Crippen LogP contribution is -2.14. The van der Waals surface area contributed by atoms with Gasteiger partial charge >= 0.3 is 0 Å². The van der Waals surface area contributed by atoms with Crippen molar-refractivity contribution >= 4 is 34.7 Å². The summed E-state index contributed by atoms with van der Waals surface area (Å²) in [5.74, 6) is 7.73. The van der Waals surface area contributed by atoms with Crippen molar-refractivity contribution in [1.82, 2.24) is 15.0 Å². The van der Waals surface area contributed by atoms with Crippen LogP contribution in [0.25, 0.3) is 10.9 Å². The second kappa shape index (κ2) is 11.2. The van der Waals surface area contributed by atoms with Crippen LogP contribution in [0.3, 0.4) is 0 Å². The number of nitrogens with one attached hydrogen (secondary N) is 1. The van der Waals surface area contributed by atoms with Crippen molar-refractivity contribution in [1.29, 1.82) is 0 Å². The zero-order valence-corrected chi connectivity index (χ0v) is 21.3. The van der Waals surface area contributed by atoms with Crippen molar-refractivity contribution in [3.05, 3.63) is 114 Å². The fourth-order valence-electron chi connectivity index (χ4n) is 3.80. The Morgan fingerprint density at radius 2 is 1.77 bits per heavy atom. The highest BCUT2D eigenvalue weighted by atomic mass is 16.5. The molecule has 0 saturated carbocycles. The van der Waals surface area contributed by atoms with Gasteiger partial charge in [-0.25, -0.2) is 15.0 Å². The maximum Gasteiger partial charge on any atom is 0.255 e. The predicted molar refractivity (Wildman–Crippen MR) is 150 cm³/mol. The molecule has 39 heavy (non-hydrogen) atoms. The Hall–Kier alpha value is -5.55. The first kappa shape index (κ1) is 25.1. The maximum atomic E-state index is 13.0. The van der Waals surface area contributed by atoms with Crippen LogP contribution >= 0.6 is 0 Å². The molecule has 5 aromatic rings. The Kier molecular flexibility index (Phi) is 7.23.